The van der Waals surface area contributed by atoms with Gasteiger partial charge in [0, 0.05) is 80.3 Å². The van der Waals surface area contributed by atoms with Crippen LogP contribution in [0.15, 0.2) is 78.1 Å². The fraction of sp³-hybridized carbons (Fsp3) is 0.310. The maximum atomic E-state index is 12.9. The van der Waals surface area contributed by atoms with Gasteiger partial charge in [-0.25, -0.2) is 19.5 Å². The van der Waals surface area contributed by atoms with Crippen molar-refractivity contribution in [2.24, 2.45) is 11.4 Å². The van der Waals surface area contributed by atoms with Crippen LogP contribution in [0.4, 0.5) is 11.8 Å². The Hall–Kier alpha value is -4.29. The lowest BCUT2D eigenvalue weighted by molar-refractivity contribution is 0.561. The summed E-state index contributed by atoms with van der Waals surface area (Å²) in [6, 6.07) is 11.9. The van der Waals surface area contributed by atoms with E-state index in [1.165, 1.54) is 0 Å². The Kier molecular flexibility index (Phi) is 7.18. The van der Waals surface area contributed by atoms with Gasteiger partial charge < -0.3 is 14.4 Å². The van der Waals surface area contributed by atoms with Crippen LogP contribution < -0.4 is 9.80 Å². The van der Waals surface area contributed by atoms with Crippen molar-refractivity contribution in [2.75, 3.05) is 36.0 Å². The zero-order chi connectivity index (χ0) is 28.6. The molecule has 1 fully saturated rings. The third kappa shape index (κ3) is 5.66. The Morgan fingerprint density at radius 3 is 2.22 bits per heavy atom. The Morgan fingerprint density at radius 2 is 1.56 bits per heavy atom. The first-order chi connectivity index (χ1) is 19.8. The highest BCUT2D eigenvalue weighted by atomic mass is 32.2. The molecular weight excluding hydrogens is 536 g/mol. The predicted octanol–water partition coefficient (Wildman–Crippen LogP) is 3.55. The van der Waals surface area contributed by atoms with Gasteiger partial charge in [0.05, 0.1) is 6.20 Å². The number of aromatic nitrogens is 7. The molecule has 4 aromatic heterocycles. The highest BCUT2D eigenvalue weighted by Gasteiger charge is 2.28. The van der Waals surface area contributed by atoms with E-state index in [1.807, 2.05) is 81.3 Å². The molecule has 5 aromatic rings. The quantitative estimate of drug-likeness (QED) is 0.226. The minimum absolute atomic E-state index is 0.475. The normalized spacial score (nSPS) is 15.5. The van der Waals surface area contributed by atoms with Crippen molar-refractivity contribution in [3.05, 3.63) is 84.8 Å². The minimum Gasteiger partial charge on any atom is -0.591 e. The van der Waals surface area contributed by atoms with E-state index in [-0.39, 0.29) is 0 Å². The van der Waals surface area contributed by atoms with E-state index in [0.29, 0.717) is 11.7 Å². The molecular formula is C29H32N10OS. The van der Waals surface area contributed by atoms with Gasteiger partial charge >= 0.3 is 0 Å². The first-order valence-corrected chi connectivity index (χ1v) is 14.6. The number of benzene rings is 1. The van der Waals surface area contributed by atoms with Crippen LogP contribution in [0.3, 0.4) is 0 Å². The molecule has 1 aromatic carbocycles. The van der Waals surface area contributed by atoms with E-state index >= 15 is 0 Å². The van der Waals surface area contributed by atoms with Crippen LogP contribution in [0.25, 0.3) is 16.6 Å². The van der Waals surface area contributed by atoms with E-state index in [0.717, 1.165) is 59.8 Å². The van der Waals surface area contributed by atoms with Gasteiger partial charge in [-0.3, -0.25) is 4.68 Å². The first kappa shape index (κ1) is 26.9. The Bertz CT molecular complexity index is 1670. The summed E-state index contributed by atoms with van der Waals surface area (Å²) in [5.41, 5.74) is 5.29. The van der Waals surface area contributed by atoms with Crippen LogP contribution in [0.1, 0.15) is 31.9 Å². The van der Waals surface area contributed by atoms with Gasteiger partial charge in [0.2, 0.25) is 5.95 Å². The predicted molar refractivity (Wildman–Crippen MR) is 162 cm³/mol. The summed E-state index contributed by atoms with van der Waals surface area (Å²) >= 11 is -1.42. The average Bonchev–Trinajstić information content (AvgIpc) is 3.62. The zero-order valence-electron chi connectivity index (χ0n) is 23.5. The van der Waals surface area contributed by atoms with Crippen molar-refractivity contribution in [3.63, 3.8) is 0 Å². The summed E-state index contributed by atoms with van der Waals surface area (Å²) in [5, 5.41) is 8.71. The summed E-state index contributed by atoms with van der Waals surface area (Å²) in [6.45, 7) is 8.78. The number of anilines is 2. The summed E-state index contributed by atoms with van der Waals surface area (Å²) in [6.07, 6.45) is 11.0. The van der Waals surface area contributed by atoms with Crippen LogP contribution >= 0.6 is 0 Å². The van der Waals surface area contributed by atoms with Crippen molar-refractivity contribution < 1.29 is 4.55 Å². The second-order valence-corrected chi connectivity index (χ2v) is 12.9. The molecule has 1 aliphatic heterocycles. The molecule has 210 valence electrons. The van der Waals surface area contributed by atoms with Gasteiger partial charge in [-0.15, -0.1) is 0 Å². The van der Waals surface area contributed by atoms with E-state index < -0.39 is 16.1 Å². The minimum atomic E-state index is -1.42. The van der Waals surface area contributed by atoms with Gasteiger partial charge in [0.15, 0.2) is 5.82 Å². The van der Waals surface area contributed by atoms with Crippen molar-refractivity contribution in [3.8, 4) is 11.1 Å². The summed E-state index contributed by atoms with van der Waals surface area (Å²) in [5.74, 6) is 1.56. The number of aryl methyl sites for hydroxylation is 1. The molecule has 0 bridgehead atoms. The first-order valence-electron chi connectivity index (χ1n) is 13.5. The standard InChI is InChI=1S/C29H32N10OS/c1-29(2,3)41(40)35-26(21-8-6-5-7-9-21)23-15-30-28(31-16-23)38-12-10-37(11-13-38)27-25-14-22(19-39(25)34-20-32-27)24-17-33-36(4)18-24/h5-9,14-20H,10-13H2,1-4H3/b35-26-/t41-/m0/s1. The van der Waals surface area contributed by atoms with E-state index in [9.17, 15) is 4.55 Å². The topological polar surface area (TPSA) is 116 Å². The van der Waals surface area contributed by atoms with Crippen molar-refractivity contribution >= 4 is 34.4 Å². The second-order valence-electron chi connectivity index (χ2n) is 11.0. The lowest BCUT2D eigenvalue weighted by Crippen LogP contribution is -2.47. The molecule has 0 aliphatic carbocycles. The Morgan fingerprint density at radius 1 is 0.854 bits per heavy atom. The molecule has 12 heteroatoms. The van der Waals surface area contributed by atoms with Crippen LogP contribution in [0, 0.1) is 0 Å². The molecule has 41 heavy (non-hydrogen) atoms. The Balaban J connectivity index is 1.19. The lowest BCUT2D eigenvalue weighted by Gasteiger charge is -2.35. The fourth-order valence-corrected chi connectivity index (χ4v) is 5.35. The molecule has 0 spiro atoms. The monoisotopic (exact) mass is 568 g/mol. The molecule has 1 saturated heterocycles. The Labute approximate surface area is 241 Å². The summed E-state index contributed by atoms with van der Waals surface area (Å²) in [7, 11) is 1.91. The van der Waals surface area contributed by atoms with Gasteiger partial charge in [-0.2, -0.15) is 10.2 Å². The molecule has 0 radical (unpaired) electrons. The molecule has 11 nitrogen and oxygen atoms in total. The number of hydrogen-bond acceptors (Lipinski definition) is 9. The van der Waals surface area contributed by atoms with Crippen molar-refractivity contribution in [2.45, 2.75) is 25.5 Å². The molecule has 0 N–H and O–H groups in total. The number of piperazine rings is 1. The molecule has 0 saturated carbocycles. The van der Waals surface area contributed by atoms with Crippen LogP contribution in [0.5, 0.6) is 0 Å². The lowest BCUT2D eigenvalue weighted by atomic mass is 10.1. The summed E-state index contributed by atoms with van der Waals surface area (Å²) < 4.78 is 20.7. The molecule has 1 aliphatic rings. The van der Waals surface area contributed by atoms with E-state index in [2.05, 4.69) is 45.4 Å². The number of hydrogen-bond donors (Lipinski definition) is 0. The van der Waals surface area contributed by atoms with Crippen molar-refractivity contribution in [1.29, 1.82) is 0 Å². The molecule has 0 unspecified atom stereocenters. The molecule has 6 rings (SSSR count). The third-order valence-electron chi connectivity index (χ3n) is 6.94. The average molecular weight is 569 g/mol. The second kappa shape index (κ2) is 10.9. The van der Waals surface area contributed by atoms with Gasteiger partial charge in [-0.1, -0.05) is 34.7 Å². The zero-order valence-corrected chi connectivity index (χ0v) is 24.4. The smallest absolute Gasteiger partial charge is 0.225 e. The SMILES string of the molecule is Cn1cc(-c2cc3c(N4CCN(c5ncc(/C(=N\[S@@+]([O-])C(C)(C)C)c6ccccc6)cn5)CC4)ncnn3c2)cn1. The van der Waals surface area contributed by atoms with Crippen molar-refractivity contribution in [1.82, 2.24) is 34.3 Å². The number of nitrogens with zero attached hydrogens (tertiary/aromatic N) is 10. The van der Waals surface area contributed by atoms with Gasteiger partial charge in [-0.05, 0) is 26.8 Å². The van der Waals surface area contributed by atoms with Crippen LogP contribution in [-0.4, -0.2) is 75.5 Å². The van der Waals surface area contributed by atoms with Crippen LogP contribution in [0.2, 0.25) is 0 Å². The molecule has 1 atom stereocenters. The third-order valence-corrected chi connectivity index (χ3v) is 8.34. The van der Waals surface area contributed by atoms with Gasteiger partial charge in [0.1, 0.15) is 33.7 Å². The highest BCUT2D eigenvalue weighted by molar-refractivity contribution is 7.91. The van der Waals surface area contributed by atoms with E-state index in [1.54, 1.807) is 23.4 Å². The largest absolute Gasteiger partial charge is 0.591 e. The summed E-state index contributed by atoms with van der Waals surface area (Å²) in [4.78, 5) is 18.4. The maximum absolute atomic E-state index is 12.9. The maximum Gasteiger partial charge on any atom is 0.225 e. The van der Waals surface area contributed by atoms with Gasteiger partial charge in [0.25, 0.3) is 0 Å². The van der Waals surface area contributed by atoms with E-state index in [4.69, 9.17) is 0 Å². The number of rotatable bonds is 6. The molecule has 0 amide bonds. The van der Waals surface area contributed by atoms with Crippen LogP contribution in [-0.2, 0) is 18.4 Å². The molecule has 5 heterocycles. The highest BCUT2D eigenvalue weighted by Crippen LogP contribution is 2.27. The fourth-order valence-electron chi connectivity index (χ4n) is 4.70. The number of fused-ring (bicyclic) bond motifs is 1.